The van der Waals surface area contributed by atoms with Crippen molar-refractivity contribution in [1.82, 2.24) is 10.2 Å². The highest BCUT2D eigenvalue weighted by Gasteiger charge is 2.64. The zero-order valence-corrected chi connectivity index (χ0v) is 19.5. The van der Waals surface area contributed by atoms with Gasteiger partial charge in [0.25, 0.3) is 0 Å². The summed E-state index contributed by atoms with van der Waals surface area (Å²) in [5.41, 5.74) is -0.894. The number of esters is 1. The molecule has 3 aliphatic rings. The van der Waals surface area contributed by atoms with Crippen LogP contribution >= 0.6 is 0 Å². The van der Waals surface area contributed by atoms with Crippen LogP contribution in [-0.2, 0) is 19.1 Å². The van der Waals surface area contributed by atoms with Crippen molar-refractivity contribution in [2.75, 3.05) is 13.2 Å². The lowest BCUT2D eigenvalue weighted by atomic mass is 9.85. The van der Waals surface area contributed by atoms with Crippen molar-refractivity contribution < 1.29 is 23.9 Å². The number of likely N-dealkylation sites (tertiary alicyclic amines) is 1. The Bertz CT molecular complexity index is 701. The van der Waals surface area contributed by atoms with Gasteiger partial charge < -0.3 is 19.7 Å². The number of rotatable bonds is 4. The maximum absolute atomic E-state index is 13.7. The lowest BCUT2D eigenvalue weighted by Gasteiger charge is -2.36. The van der Waals surface area contributed by atoms with Crippen molar-refractivity contribution in [2.45, 2.75) is 91.8 Å². The molecule has 1 unspecified atom stereocenters. The summed E-state index contributed by atoms with van der Waals surface area (Å²) < 4.78 is 10.8. The van der Waals surface area contributed by atoms with Gasteiger partial charge in [0.15, 0.2) is 0 Å². The predicted octanol–water partition coefficient (Wildman–Crippen LogP) is 3.51. The van der Waals surface area contributed by atoms with E-state index in [9.17, 15) is 14.4 Å². The van der Waals surface area contributed by atoms with E-state index in [0.29, 0.717) is 24.5 Å². The first-order valence-electron chi connectivity index (χ1n) is 11.3. The van der Waals surface area contributed by atoms with Crippen molar-refractivity contribution in [3.63, 3.8) is 0 Å². The van der Waals surface area contributed by atoms with Gasteiger partial charge >= 0.3 is 12.1 Å². The molecule has 2 aliphatic carbocycles. The number of amides is 2. The highest BCUT2D eigenvalue weighted by atomic mass is 16.6. The van der Waals surface area contributed by atoms with Gasteiger partial charge in [0.1, 0.15) is 17.7 Å². The van der Waals surface area contributed by atoms with Crippen molar-refractivity contribution in [3.05, 3.63) is 0 Å². The van der Waals surface area contributed by atoms with Crippen LogP contribution in [0.25, 0.3) is 0 Å². The van der Waals surface area contributed by atoms with Crippen LogP contribution in [-0.4, -0.2) is 53.7 Å². The quantitative estimate of drug-likeness (QED) is 0.701. The van der Waals surface area contributed by atoms with Gasteiger partial charge in [-0.1, -0.05) is 20.8 Å². The highest BCUT2D eigenvalue weighted by molar-refractivity contribution is 5.91. The number of nitrogens with zero attached hydrogens (tertiary/aromatic N) is 1. The SMILES string of the molecule is CCOC(=O)[C@@H]1[C@H]2CCC3(CC3)C2CN1C(=O)[C@@H](NC(=O)OC(C)(C)C)C(C)(C)C. The molecule has 0 aromatic carbocycles. The predicted molar refractivity (Wildman–Crippen MR) is 113 cm³/mol. The number of nitrogens with one attached hydrogen (secondary N) is 1. The van der Waals surface area contributed by atoms with Gasteiger partial charge in [-0.2, -0.15) is 0 Å². The second-order valence-electron chi connectivity index (χ2n) is 11.3. The molecule has 2 amide bonds. The summed E-state index contributed by atoms with van der Waals surface area (Å²) >= 11 is 0. The first-order valence-corrected chi connectivity index (χ1v) is 11.3. The van der Waals surface area contributed by atoms with E-state index in [4.69, 9.17) is 9.47 Å². The van der Waals surface area contributed by atoms with E-state index >= 15 is 0 Å². The Morgan fingerprint density at radius 1 is 1.10 bits per heavy atom. The van der Waals surface area contributed by atoms with Gasteiger partial charge in [-0.05, 0) is 76.0 Å². The Kier molecular flexibility index (Phi) is 5.89. The molecule has 1 aliphatic heterocycles. The van der Waals surface area contributed by atoms with Crippen LogP contribution < -0.4 is 5.32 Å². The molecule has 0 aromatic rings. The van der Waals surface area contributed by atoms with Crippen molar-refractivity contribution in [3.8, 4) is 0 Å². The van der Waals surface area contributed by atoms with Gasteiger partial charge in [0.2, 0.25) is 5.91 Å². The molecule has 3 rings (SSSR count). The molecule has 0 bridgehead atoms. The summed E-state index contributed by atoms with van der Waals surface area (Å²) in [7, 11) is 0. The Labute approximate surface area is 180 Å². The van der Waals surface area contributed by atoms with Crippen LogP contribution in [0.15, 0.2) is 0 Å². The minimum Gasteiger partial charge on any atom is -0.464 e. The zero-order chi connectivity index (χ0) is 22.5. The monoisotopic (exact) mass is 422 g/mol. The number of hydrogen-bond donors (Lipinski definition) is 1. The van der Waals surface area contributed by atoms with E-state index in [1.165, 1.54) is 12.8 Å². The van der Waals surface area contributed by atoms with Crippen LogP contribution in [0.3, 0.4) is 0 Å². The summed E-state index contributed by atoms with van der Waals surface area (Å²) in [4.78, 5) is 40.8. The summed E-state index contributed by atoms with van der Waals surface area (Å²) in [6.45, 7) is 13.7. The van der Waals surface area contributed by atoms with E-state index in [2.05, 4.69) is 5.32 Å². The van der Waals surface area contributed by atoms with Crippen molar-refractivity contribution in [2.24, 2.45) is 22.7 Å². The molecule has 2 saturated carbocycles. The van der Waals surface area contributed by atoms with Gasteiger partial charge in [-0.15, -0.1) is 0 Å². The van der Waals surface area contributed by atoms with Gasteiger partial charge in [-0.25, -0.2) is 9.59 Å². The molecule has 0 radical (unpaired) electrons. The maximum Gasteiger partial charge on any atom is 0.408 e. The summed E-state index contributed by atoms with van der Waals surface area (Å²) in [5.74, 6) is -0.0479. The molecule has 30 heavy (non-hydrogen) atoms. The molecule has 7 nitrogen and oxygen atoms in total. The molecular formula is C23H38N2O5. The van der Waals surface area contributed by atoms with Gasteiger partial charge in [-0.3, -0.25) is 4.79 Å². The first-order chi connectivity index (χ1) is 13.8. The van der Waals surface area contributed by atoms with E-state index in [1.54, 1.807) is 32.6 Å². The average Bonchev–Trinajstić information content (AvgIpc) is 3.15. The fourth-order valence-electron chi connectivity index (χ4n) is 5.34. The maximum atomic E-state index is 13.7. The number of carbonyl (C=O) groups excluding carboxylic acids is 3. The van der Waals surface area contributed by atoms with Crippen LogP contribution in [0.4, 0.5) is 4.79 Å². The molecule has 1 spiro atoms. The standard InChI is InChI=1S/C23H38N2O5/c1-8-29-19(27)16-14-9-10-23(11-12-23)15(14)13-25(16)18(26)17(21(2,3)4)24-20(28)30-22(5,6)7/h14-17H,8-13H2,1-7H3,(H,24,28)/t14-,15?,16-,17+/m0/s1. The topological polar surface area (TPSA) is 84.9 Å². The molecule has 4 atom stereocenters. The highest BCUT2D eigenvalue weighted by Crippen LogP contribution is 2.66. The number of carbonyl (C=O) groups is 3. The van der Waals surface area contributed by atoms with E-state index in [0.717, 1.165) is 12.8 Å². The molecule has 3 fully saturated rings. The van der Waals surface area contributed by atoms with Crippen LogP contribution in [0, 0.1) is 22.7 Å². The second-order valence-corrected chi connectivity index (χ2v) is 11.3. The third kappa shape index (κ3) is 4.45. The Hall–Kier alpha value is -1.79. The largest absolute Gasteiger partial charge is 0.464 e. The molecule has 1 heterocycles. The van der Waals surface area contributed by atoms with Crippen molar-refractivity contribution in [1.29, 1.82) is 0 Å². The first kappa shape index (κ1) is 22.9. The number of ether oxygens (including phenoxy) is 2. The molecule has 1 saturated heterocycles. The lowest BCUT2D eigenvalue weighted by molar-refractivity contribution is -0.155. The summed E-state index contributed by atoms with van der Waals surface area (Å²) in [5, 5.41) is 2.78. The molecule has 0 aromatic heterocycles. The fourth-order valence-corrected chi connectivity index (χ4v) is 5.34. The zero-order valence-electron chi connectivity index (χ0n) is 19.5. The Balaban J connectivity index is 1.84. The fraction of sp³-hybridized carbons (Fsp3) is 0.870. The van der Waals surface area contributed by atoms with Crippen LogP contribution in [0.5, 0.6) is 0 Å². The summed E-state index contributed by atoms with van der Waals surface area (Å²) in [6.07, 6.45) is 3.84. The number of fused-ring (bicyclic) bond motifs is 2. The van der Waals surface area contributed by atoms with E-state index < -0.39 is 29.2 Å². The molecular weight excluding hydrogens is 384 g/mol. The molecule has 170 valence electrons. The Morgan fingerprint density at radius 3 is 2.23 bits per heavy atom. The number of hydrogen-bond acceptors (Lipinski definition) is 5. The van der Waals surface area contributed by atoms with Crippen LogP contribution in [0.2, 0.25) is 0 Å². The average molecular weight is 423 g/mol. The molecule has 7 heteroatoms. The normalized spacial score (nSPS) is 28.1. The lowest BCUT2D eigenvalue weighted by Crippen LogP contribution is -2.58. The van der Waals surface area contributed by atoms with E-state index in [-0.39, 0.29) is 17.8 Å². The van der Waals surface area contributed by atoms with Gasteiger partial charge in [0.05, 0.1) is 6.61 Å². The summed E-state index contributed by atoms with van der Waals surface area (Å²) in [6, 6.07) is -1.36. The minimum atomic E-state index is -0.793. The smallest absolute Gasteiger partial charge is 0.408 e. The Morgan fingerprint density at radius 2 is 1.73 bits per heavy atom. The molecule has 1 N–H and O–H groups in total. The van der Waals surface area contributed by atoms with Gasteiger partial charge in [0, 0.05) is 6.54 Å². The second kappa shape index (κ2) is 7.72. The minimum absolute atomic E-state index is 0.151. The van der Waals surface area contributed by atoms with Crippen LogP contribution in [0.1, 0.15) is 74.1 Å². The number of alkyl carbamates (subject to hydrolysis) is 1. The third-order valence-electron chi connectivity index (χ3n) is 6.89. The van der Waals surface area contributed by atoms with Crippen molar-refractivity contribution >= 4 is 18.0 Å². The third-order valence-corrected chi connectivity index (χ3v) is 6.89. The van der Waals surface area contributed by atoms with E-state index in [1.807, 2.05) is 20.8 Å².